The molecule has 0 aliphatic carbocycles. The molecule has 1 aliphatic rings. The van der Waals surface area contributed by atoms with Gasteiger partial charge in [0.1, 0.15) is 0 Å². The molecule has 0 amide bonds. The van der Waals surface area contributed by atoms with E-state index in [0.717, 1.165) is 19.0 Å². The van der Waals surface area contributed by atoms with E-state index in [4.69, 9.17) is 0 Å². The summed E-state index contributed by atoms with van der Waals surface area (Å²) in [4.78, 5) is 2.59. The van der Waals surface area contributed by atoms with Crippen molar-refractivity contribution in [2.45, 2.75) is 33.6 Å². The van der Waals surface area contributed by atoms with Gasteiger partial charge in [-0.2, -0.15) is 0 Å². The van der Waals surface area contributed by atoms with Gasteiger partial charge in [-0.05, 0) is 52.2 Å². The molecule has 0 aromatic rings. The van der Waals surface area contributed by atoms with Gasteiger partial charge in [0.2, 0.25) is 0 Å². The zero-order valence-corrected chi connectivity index (χ0v) is 10.6. The number of allylic oxidation sites excluding steroid dienone is 1. The zero-order valence-electron chi connectivity index (χ0n) is 10.6. The molecule has 15 heavy (non-hydrogen) atoms. The fourth-order valence-corrected chi connectivity index (χ4v) is 2.08. The largest absolute Gasteiger partial charge is 0.313 e. The molecule has 1 heterocycles. The minimum absolute atomic E-state index is 0.772. The Morgan fingerprint density at radius 1 is 1.33 bits per heavy atom. The summed E-state index contributed by atoms with van der Waals surface area (Å²) in [7, 11) is 0. The maximum Gasteiger partial charge on any atom is 0.0137 e. The van der Waals surface area contributed by atoms with Crippen molar-refractivity contribution in [1.82, 2.24) is 10.2 Å². The quantitative estimate of drug-likeness (QED) is 0.534. The van der Waals surface area contributed by atoms with E-state index in [1.807, 2.05) is 0 Å². The fraction of sp³-hybridized carbons (Fsp3) is 0.846. The van der Waals surface area contributed by atoms with E-state index < -0.39 is 0 Å². The molecule has 0 saturated carbocycles. The van der Waals surface area contributed by atoms with Crippen molar-refractivity contribution < 1.29 is 0 Å². The van der Waals surface area contributed by atoms with Crippen LogP contribution in [0.25, 0.3) is 0 Å². The molecule has 2 nitrogen and oxygen atoms in total. The molecular formula is C13H26N2. The molecule has 1 aliphatic heterocycles. The van der Waals surface area contributed by atoms with Gasteiger partial charge in [0.25, 0.3) is 0 Å². The third kappa shape index (κ3) is 5.95. The molecule has 1 saturated heterocycles. The predicted octanol–water partition coefficient (Wildman–Crippen LogP) is 2.27. The number of rotatable bonds is 6. The van der Waals surface area contributed by atoms with Gasteiger partial charge >= 0.3 is 0 Å². The molecule has 1 atom stereocenters. The maximum atomic E-state index is 3.49. The predicted molar refractivity (Wildman–Crippen MR) is 67.1 cm³/mol. The van der Waals surface area contributed by atoms with Crippen LogP contribution < -0.4 is 5.32 Å². The Hall–Kier alpha value is -0.340. The van der Waals surface area contributed by atoms with Crippen LogP contribution in [0.4, 0.5) is 0 Å². The monoisotopic (exact) mass is 210 g/mol. The highest BCUT2D eigenvalue weighted by Gasteiger charge is 2.13. The summed E-state index contributed by atoms with van der Waals surface area (Å²) in [5.41, 5.74) is 1.40. The second kappa shape index (κ2) is 7.02. The normalized spacial score (nSPS) is 19.1. The van der Waals surface area contributed by atoms with Crippen LogP contribution in [0.15, 0.2) is 11.6 Å². The second-order valence-electron chi connectivity index (χ2n) is 5.05. The van der Waals surface area contributed by atoms with Crippen molar-refractivity contribution >= 4 is 0 Å². The fourth-order valence-electron chi connectivity index (χ4n) is 2.08. The first kappa shape index (κ1) is 12.7. The van der Waals surface area contributed by atoms with Crippen LogP contribution in [0, 0.1) is 5.92 Å². The molecule has 88 valence electrons. The van der Waals surface area contributed by atoms with Crippen LogP contribution in [-0.4, -0.2) is 37.6 Å². The van der Waals surface area contributed by atoms with E-state index in [1.54, 1.807) is 0 Å². The van der Waals surface area contributed by atoms with Crippen molar-refractivity contribution in [2.75, 3.05) is 32.7 Å². The summed E-state index contributed by atoms with van der Waals surface area (Å²) < 4.78 is 0. The SMILES string of the molecule is CC(C)=CCNCC(C)CN1CCCC1. The van der Waals surface area contributed by atoms with E-state index in [9.17, 15) is 0 Å². The number of nitrogens with one attached hydrogen (secondary N) is 1. The van der Waals surface area contributed by atoms with Gasteiger partial charge in [0, 0.05) is 13.1 Å². The van der Waals surface area contributed by atoms with Crippen LogP contribution in [-0.2, 0) is 0 Å². The number of likely N-dealkylation sites (tertiary alicyclic amines) is 1. The van der Waals surface area contributed by atoms with Crippen LogP contribution in [0.5, 0.6) is 0 Å². The molecule has 2 heteroatoms. The first-order chi connectivity index (χ1) is 7.18. The molecule has 1 fully saturated rings. The van der Waals surface area contributed by atoms with Crippen molar-refractivity contribution in [3.8, 4) is 0 Å². The first-order valence-electron chi connectivity index (χ1n) is 6.25. The molecular weight excluding hydrogens is 184 g/mol. The molecule has 0 radical (unpaired) electrons. The van der Waals surface area contributed by atoms with Crippen molar-refractivity contribution in [2.24, 2.45) is 5.92 Å². The Bertz CT molecular complexity index is 189. The second-order valence-corrected chi connectivity index (χ2v) is 5.05. The van der Waals surface area contributed by atoms with Gasteiger partial charge in [-0.15, -0.1) is 0 Å². The van der Waals surface area contributed by atoms with Gasteiger partial charge in [0.05, 0.1) is 0 Å². The Labute approximate surface area is 94.7 Å². The van der Waals surface area contributed by atoms with Crippen LogP contribution in [0.3, 0.4) is 0 Å². The summed E-state index contributed by atoms with van der Waals surface area (Å²) in [5, 5.41) is 3.49. The van der Waals surface area contributed by atoms with Gasteiger partial charge in [-0.25, -0.2) is 0 Å². The lowest BCUT2D eigenvalue weighted by Gasteiger charge is -2.20. The van der Waals surface area contributed by atoms with Crippen molar-refractivity contribution in [3.05, 3.63) is 11.6 Å². The lowest BCUT2D eigenvalue weighted by molar-refractivity contribution is 0.284. The number of hydrogen-bond donors (Lipinski definition) is 1. The summed E-state index contributed by atoms with van der Waals surface area (Å²) in [6, 6.07) is 0. The van der Waals surface area contributed by atoms with E-state index in [0.29, 0.717) is 0 Å². The smallest absolute Gasteiger partial charge is 0.0137 e. The van der Waals surface area contributed by atoms with Gasteiger partial charge < -0.3 is 10.2 Å². The highest BCUT2D eigenvalue weighted by atomic mass is 15.1. The summed E-state index contributed by atoms with van der Waals surface area (Å²) in [5.74, 6) is 0.772. The topological polar surface area (TPSA) is 15.3 Å². The molecule has 1 N–H and O–H groups in total. The third-order valence-electron chi connectivity index (χ3n) is 2.92. The van der Waals surface area contributed by atoms with E-state index in [2.05, 4.69) is 37.1 Å². The summed E-state index contributed by atoms with van der Waals surface area (Å²) in [6.45, 7) is 12.7. The van der Waals surface area contributed by atoms with Gasteiger partial charge in [-0.1, -0.05) is 18.6 Å². The van der Waals surface area contributed by atoms with Gasteiger partial charge in [0.15, 0.2) is 0 Å². The molecule has 1 rings (SSSR count). The molecule has 1 unspecified atom stereocenters. The first-order valence-corrected chi connectivity index (χ1v) is 6.25. The lowest BCUT2D eigenvalue weighted by Crippen LogP contribution is -2.31. The summed E-state index contributed by atoms with van der Waals surface area (Å²) in [6.07, 6.45) is 5.05. The van der Waals surface area contributed by atoms with E-state index in [1.165, 1.54) is 38.0 Å². The van der Waals surface area contributed by atoms with E-state index in [-0.39, 0.29) is 0 Å². The highest BCUT2D eigenvalue weighted by Crippen LogP contribution is 2.09. The van der Waals surface area contributed by atoms with Gasteiger partial charge in [-0.3, -0.25) is 0 Å². The number of hydrogen-bond acceptors (Lipinski definition) is 2. The lowest BCUT2D eigenvalue weighted by atomic mass is 10.1. The molecule has 0 aromatic carbocycles. The molecule has 0 spiro atoms. The molecule has 0 bridgehead atoms. The van der Waals surface area contributed by atoms with Crippen molar-refractivity contribution in [1.29, 1.82) is 0 Å². The van der Waals surface area contributed by atoms with Crippen LogP contribution >= 0.6 is 0 Å². The maximum absolute atomic E-state index is 3.49. The van der Waals surface area contributed by atoms with Crippen LogP contribution in [0.1, 0.15) is 33.6 Å². The Morgan fingerprint density at radius 3 is 2.60 bits per heavy atom. The highest BCUT2D eigenvalue weighted by molar-refractivity contribution is 4.94. The minimum Gasteiger partial charge on any atom is -0.313 e. The zero-order chi connectivity index (χ0) is 11.1. The van der Waals surface area contributed by atoms with Crippen molar-refractivity contribution in [3.63, 3.8) is 0 Å². The minimum atomic E-state index is 0.772. The molecule has 0 aromatic heterocycles. The summed E-state index contributed by atoms with van der Waals surface area (Å²) >= 11 is 0. The Kier molecular flexibility index (Phi) is 5.96. The third-order valence-corrected chi connectivity index (χ3v) is 2.92. The number of nitrogens with zero attached hydrogens (tertiary/aromatic N) is 1. The Morgan fingerprint density at radius 2 is 2.00 bits per heavy atom. The average Bonchev–Trinajstić information content (AvgIpc) is 2.64. The Balaban J connectivity index is 2.02. The van der Waals surface area contributed by atoms with Crippen LogP contribution in [0.2, 0.25) is 0 Å². The van der Waals surface area contributed by atoms with E-state index >= 15 is 0 Å². The standard InChI is InChI=1S/C13H26N2/c1-12(2)6-7-14-10-13(3)11-15-8-4-5-9-15/h6,13-14H,4-5,7-11H2,1-3H3. The average molecular weight is 210 g/mol.